The van der Waals surface area contributed by atoms with Gasteiger partial charge in [-0.3, -0.25) is 19.2 Å². The summed E-state index contributed by atoms with van der Waals surface area (Å²) in [7, 11) is 4.91. The third-order valence-electron chi connectivity index (χ3n) is 11.2. The largest absolute Gasteiger partial charge is 0.493 e. The number of carboxylic acid groups (broad SMARTS) is 1. The van der Waals surface area contributed by atoms with Crippen LogP contribution in [0.4, 0.5) is 21.9 Å². The average Bonchev–Trinajstić information content (AvgIpc) is 3.99. The number of nitrogens with zero attached hydrogens (tertiary/aromatic N) is 4. The molecule has 330 valence electrons. The van der Waals surface area contributed by atoms with Gasteiger partial charge in [0.25, 0.3) is 17.7 Å². The molecule has 62 heavy (non-hydrogen) atoms. The maximum atomic E-state index is 13.9. The second-order valence-corrected chi connectivity index (χ2v) is 15.5. The second-order valence-electron chi connectivity index (χ2n) is 15.5. The molecular weight excluding hydrogens is 803 g/mol. The third kappa shape index (κ3) is 9.72. The minimum Gasteiger partial charge on any atom is -0.493 e. The Hall–Kier alpha value is -6.37. The van der Waals surface area contributed by atoms with Gasteiger partial charge in [0, 0.05) is 76.5 Å². The maximum Gasteiger partial charge on any atom is 0.414 e. The number of methoxy groups -OCH3 is 1. The number of aliphatic hydroxyl groups is 1. The molecule has 0 saturated carbocycles. The number of carbonyl (C=O) groups excluding carboxylic acids is 4. The van der Waals surface area contributed by atoms with Crippen LogP contribution in [0.5, 0.6) is 11.5 Å². The van der Waals surface area contributed by atoms with Crippen LogP contribution < -0.4 is 30.3 Å². The van der Waals surface area contributed by atoms with Gasteiger partial charge in [-0.05, 0) is 80.8 Å². The molecule has 0 aliphatic carbocycles. The van der Waals surface area contributed by atoms with Gasteiger partial charge in [0.15, 0.2) is 24.0 Å². The fourth-order valence-corrected chi connectivity index (χ4v) is 8.09. The van der Waals surface area contributed by atoms with Crippen molar-refractivity contribution >= 4 is 46.8 Å². The van der Waals surface area contributed by atoms with E-state index >= 15 is 0 Å². The van der Waals surface area contributed by atoms with Gasteiger partial charge in [-0.15, -0.1) is 0 Å². The standard InChI is InChI=1S/C44H53N7O11/c1-48-25-28(21-34(48)40(54)45-16-8-18-52)27-12-14-29(15-13-27)47-41(55)35-22-30(26-49(35)2)46-38(53)10-7-20-60-37-24-33-31(23-36(37)59-3)42(56)50-17-6-9-32(50)43(51(33)44(57)58)62-39-11-4-5-19-61-39/h12-15,21-26,32,39,43,52H,4-11,16-20H2,1-3H3,(H,45,54)(H,46,53)(H,47,55)(H,57,58). The van der Waals surface area contributed by atoms with Crippen LogP contribution in [0.25, 0.3) is 11.1 Å². The van der Waals surface area contributed by atoms with E-state index in [9.17, 15) is 29.1 Å². The first-order valence-corrected chi connectivity index (χ1v) is 20.8. The Morgan fingerprint density at radius 2 is 1.63 bits per heavy atom. The molecule has 5 heterocycles. The molecule has 3 aliphatic rings. The average molecular weight is 856 g/mol. The molecule has 0 radical (unpaired) electrons. The first kappa shape index (κ1) is 43.7. The van der Waals surface area contributed by atoms with Gasteiger partial charge in [0.2, 0.25) is 5.91 Å². The van der Waals surface area contributed by atoms with Crippen LogP contribution in [0, 0.1) is 0 Å². The van der Waals surface area contributed by atoms with E-state index in [-0.39, 0.29) is 72.4 Å². The van der Waals surface area contributed by atoms with Crippen LogP contribution >= 0.6 is 0 Å². The first-order valence-electron chi connectivity index (χ1n) is 20.8. The monoisotopic (exact) mass is 855 g/mol. The summed E-state index contributed by atoms with van der Waals surface area (Å²) >= 11 is 0. The summed E-state index contributed by atoms with van der Waals surface area (Å²) in [5, 5.41) is 28.0. The summed E-state index contributed by atoms with van der Waals surface area (Å²) < 4.78 is 27.1. The summed E-state index contributed by atoms with van der Waals surface area (Å²) in [5.41, 5.74) is 3.74. The highest BCUT2D eigenvalue weighted by molar-refractivity contribution is 6.06. The number of rotatable bonds is 16. The van der Waals surface area contributed by atoms with E-state index in [4.69, 9.17) is 24.1 Å². The summed E-state index contributed by atoms with van der Waals surface area (Å²) in [6, 6.07) is 13.0. The maximum absolute atomic E-state index is 13.9. The second kappa shape index (κ2) is 19.6. The van der Waals surface area contributed by atoms with Crippen molar-refractivity contribution in [1.29, 1.82) is 0 Å². The van der Waals surface area contributed by atoms with Crippen LogP contribution in [0.1, 0.15) is 82.7 Å². The molecule has 4 aromatic rings. The normalized spacial score (nSPS) is 18.4. The summed E-state index contributed by atoms with van der Waals surface area (Å²) in [5.74, 6) is -0.793. The summed E-state index contributed by atoms with van der Waals surface area (Å²) in [6.07, 6.45) is 5.13. The van der Waals surface area contributed by atoms with Gasteiger partial charge >= 0.3 is 6.09 Å². The fraction of sp³-hybridized carbons (Fsp3) is 0.432. The molecule has 0 bridgehead atoms. The predicted molar refractivity (Wildman–Crippen MR) is 228 cm³/mol. The number of benzene rings is 2. The lowest BCUT2D eigenvalue weighted by molar-refractivity contribution is -0.195. The van der Waals surface area contributed by atoms with E-state index in [0.717, 1.165) is 28.9 Å². The Balaban J connectivity index is 0.943. The van der Waals surface area contributed by atoms with Crippen LogP contribution in [-0.2, 0) is 28.4 Å². The van der Waals surface area contributed by atoms with E-state index in [0.29, 0.717) is 68.1 Å². The molecule has 5 N–H and O–H groups in total. The summed E-state index contributed by atoms with van der Waals surface area (Å²) in [4.78, 5) is 68.4. The number of anilines is 3. The third-order valence-corrected chi connectivity index (χ3v) is 11.2. The van der Waals surface area contributed by atoms with Crippen molar-refractivity contribution in [3.05, 3.63) is 77.9 Å². The Kier molecular flexibility index (Phi) is 13.8. The van der Waals surface area contributed by atoms with Crippen molar-refractivity contribution in [1.82, 2.24) is 19.4 Å². The van der Waals surface area contributed by atoms with Crippen LogP contribution in [0.3, 0.4) is 0 Å². The van der Waals surface area contributed by atoms with E-state index in [1.54, 1.807) is 58.6 Å². The van der Waals surface area contributed by atoms with E-state index in [1.807, 2.05) is 18.3 Å². The molecule has 2 aromatic heterocycles. The number of aliphatic hydroxyl groups excluding tert-OH is 1. The molecule has 5 amide bonds. The van der Waals surface area contributed by atoms with Crippen LogP contribution in [0.2, 0.25) is 0 Å². The van der Waals surface area contributed by atoms with Crippen molar-refractivity contribution in [3.8, 4) is 22.6 Å². The molecule has 2 aromatic carbocycles. The number of nitrogens with one attached hydrogen (secondary N) is 3. The number of aromatic nitrogens is 2. The van der Waals surface area contributed by atoms with Gasteiger partial charge in [-0.25, -0.2) is 9.69 Å². The van der Waals surface area contributed by atoms with Gasteiger partial charge in [-0.1, -0.05) is 12.1 Å². The molecular formula is C44H53N7O11. The molecule has 2 saturated heterocycles. The van der Waals surface area contributed by atoms with Gasteiger partial charge in [0.05, 0.1) is 36.7 Å². The minimum atomic E-state index is -1.28. The lowest BCUT2D eigenvalue weighted by Gasteiger charge is -2.37. The van der Waals surface area contributed by atoms with Crippen molar-refractivity contribution in [2.45, 2.75) is 69.9 Å². The molecule has 3 unspecified atom stereocenters. The van der Waals surface area contributed by atoms with Gasteiger partial charge in [0.1, 0.15) is 11.4 Å². The first-order chi connectivity index (χ1) is 29.9. The lowest BCUT2D eigenvalue weighted by Crippen LogP contribution is -2.53. The molecule has 7 rings (SSSR count). The number of hydrogen-bond acceptors (Lipinski definition) is 10. The number of aryl methyl sites for hydroxylation is 2. The number of ether oxygens (including phenoxy) is 4. The highest BCUT2D eigenvalue weighted by Gasteiger charge is 2.47. The molecule has 3 atom stereocenters. The molecule has 3 aliphatic heterocycles. The quantitative estimate of drug-likeness (QED) is 0.0927. The van der Waals surface area contributed by atoms with Crippen molar-refractivity contribution in [2.24, 2.45) is 14.1 Å². The predicted octanol–water partition coefficient (Wildman–Crippen LogP) is 5.17. The molecule has 18 nitrogen and oxygen atoms in total. The number of hydrogen-bond donors (Lipinski definition) is 5. The van der Waals surface area contributed by atoms with Crippen LogP contribution in [0.15, 0.2) is 60.9 Å². The SMILES string of the molecule is COc1cc2c(cc1OCCCC(=O)Nc1cc(C(=O)Nc3ccc(-c4cc(C(=O)NCCCO)n(C)c4)cc3)n(C)c1)N(C(=O)O)C(OC1CCCCO1)C1CCCN1C2=O. The molecule has 0 spiro atoms. The van der Waals surface area contributed by atoms with E-state index < -0.39 is 24.7 Å². The fourth-order valence-electron chi connectivity index (χ4n) is 8.09. The number of fused-ring (bicyclic) bond motifs is 2. The lowest BCUT2D eigenvalue weighted by atomic mass is 10.1. The van der Waals surface area contributed by atoms with Crippen LogP contribution in [-0.4, -0.2) is 113 Å². The Morgan fingerprint density at radius 3 is 2.35 bits per heavy atom. The topological polar surface area (TPSA) is 215 Å². The van der Waals surface area contributed by atoms with Crippen molar-refractivity contribution in [3.63, 3.8) is 0 Å². The van der Waals surface area contributed by atoms with Crippen molar-refractivity contribution < 1.29 is 53.1 Å². The zero-order valence-corrected chi connectivity index (χ0v) is 35.1. The Morgan fingerprint density at radius 1 is 0.855 bits per heavy atom. The Bertz CT molecular complexity index is 2280. The van der Waals surface area contributed by atoms with Crippen molar-refractivity contribution in [2.75, 3.05) is 55.6 Å². The summed E-state index contributed by atoms with van der Waals surface area (Å²) in [6.45, 7) is 1.42. The van der Waals surface area contributed by atoms with E-state index in [2.05, 4.69) is 16.0 Å². The molecule has 2 fully saturated rings. The zero-order valence-electron chi connectivity index (χ0n) is 35.1. The minimum absolute atomic E-state index is 0.00288. The molecule has 18 heteroatoms. The number of carbonyl (C=O) groups is 5. The van der Waals surface area contributed by atoms with E-state index in [1.165, 1.54) is 19.2 Å². The Labute approximate surface area is 358 Å². The zero-order chi connectivity index (χ0) is 43.9. The highest BCUT2D eigenvalue weighted by atomic mass is 16.7. The van der Waals surface area contributed by atoms with Gasteiger partial charge < -0.3 is 59.1 Å². The number of amides is 5. The smallest absolute Gasteiger partial charge is 0.414 e. The highest BCUT2D eigenvalue weighted by Crippen LogP contribution is 2.42. The van der Waals surface area contributed by atoms with Gasteiger partial charge in [-0.2, -0.15) is 0 Å².